The minimum atomic E-state index is -4.65. The van der Waals surface area contributed by atoms with E-state index in [1.54, 1.807) is 12.1 Å². The van der Waals surface area contributed by atoms with Crippen molar-refractivity contribution in [3.8, 4) is 11.3 Å². The van der Waals surface area contributed by atoms with E-state index in [9.17, 15) is 18.0 Å². The number of piperidine rings is 1. The molecule has 2 saturated heterocycles. The van der Waals surface area contributed by atoms with Crippen LogP contribution in [0.4, 0.5) is 30.5 Å². The van der Waals surface area contributed by atoms with Crippen molar-refractivity contribution in [3.63, 3.8) is 0 Å². The van der Waals surface area contributed by atoms with E-state index < -0.39 is 17.6 Å². The molecular formula is C25H28F3N7O2. The van der Waals surface area contributed by atoms with Crippen LogP contribution >= 0.6 is 0 Å². The summed E-state index contributed by atoms with van der Waals surface area (Å²) < 4.78 is 46.6. The van der Waals surface area contributed by atoms with Crippen LogP contribution in [-0.4, -0.2) is 66.3 Å². The van der Waals surface area contributed by atoms with Gasteiger partial charge in [-0.15, -0.1) is 0 Å². The number of alkyl halides is 3. The third-order valence-corrected chi connectivity index (χ3v) is 6.43. The Morgan fingerprint density at radius 3 is 2.65 bits per heavy atom. The number of benzene rings is 1. The number of rotatable bonds is 6. The maximum atomic E-state index is 13.7. The molecule has 4 heterocycles. The predicted octanol–water partition coefficient (Wildman–Crippen LogP) is 3.74. The van der Waals surface area contributed by atoms with E-state index in [4.69, 9.17) is 4.74 Å². The second-order valence-electron chi connectivity index (χ2n) is 9.04. The minimum absolute atomic E-state index is 0.0283. The molecule has 9 nitrogen and oxygen atoms in total. The predicted molar refractivity (Wildman–Crippen MR) is 134 cm³/mol. The van der Waals surface area contributed by atoms with Gasteiger partial charge in [0.05, 0.1) is 18.9 Å². The Bertz CT molecular complexity index is 1220. The highest BCUT2D eigenvalue weighted by molar-refractivity contribution is 6.03. The number of carbonyl (C=O) groups excluding carboxylic acids is 1. The molecule has 0 unspecified atom stereocenters. The summed E-state index contributed by atoms with van der Waals surface area (Å²) in [7, 11) is 0. The van der Waals surface area contributed by atoms with E-state index in [0.717, 1.165) is 44.4 Å². The van der Waals surface area contributed by atoms with E-state index in [2.05, 4.69) is 35.8 Å². The summed E-state index contributed by atoms with van der Waals surface area (Å²) in [5.41, 5.74) is 0.602. The molecule has 5 rings (SSSR count). The number of anilines is 3. The van der Waals surface area contributed by atoms with Gasteiger partial charge in [-0.3, -0.25) is 4.79 Å². The quantitative estimate of drug-likeness (QED) is 0.396. The Morgan fingerprint density at radius 1 is 1.16 bits per heavy atom. The fraction of sp³-hybridized carbons (Fsp3) is 0.400. The highest BCUT2D eigenvalue weighted by atomic mass is 19.4. The van der Waals surface area contributed by atoms with Crippen molar-refractivity contribution < 1.29 is 22.7 Å². The number of hydrogen-bond acceptors (Lipinski definition) is 7. The summed E-state index contributed by atoms with van der Waals surface area (Å²) in [5, 5.41) is 9.12. The first-order chi connectivity index (χ1) is 17.9. The third-order valence-electron chi connectivity index (χ3n) is 6.43. The van der Waals surface area contributed by atoms with Gasteiger partial charge in [0.2, 0.25) is 5.95 Å². The number of morpholine rings is 1. The molecule has 4 N–H and O–H groups in total. The standard InChI is InChI=1S/C25H28F3N7O2/c26-25(27,28)20-15-31-24(33-18-2-1-7-29-14-18)34-22(20)16-12-21(30-13-16)23(36)32-17-3-5-19(6-4-17)35-8-10-37-11-9-35/h3-6,12-13,15,18,29-30H,1-2,7-11,14H2,(H,32,36)(H,31,33,34)/t18-/m0/s1. The number of halogens is 3. The number of ether oxygens (including phenoxy) is 1. The molecule has 3 aromatic rings. The number of amides is 1. The van der Waals surface area contributed by atoms with Crippen LogP contribution in [0.25, 0.3) is 11.3 Å². The van der Waals surface area contributed by atoms with Gasteiger partial charge in [0.1, 0.15) is 11.3 Å². The molecule has 1 amide bonds. The molecule has 0 bridgehead atoms. The smallest absolute Gasteiger partial charge is 0.378 e. The van der Waals surface area contributed by atoms with Gasteiger partial charge in [-0.25, -0.2) is 9.97 Å². The van der Waals surface area contributed by atoms with Crippen LogP contribution < -0.4 is 20.9 Å². The Kier molecular flexibility index (Phi) is 7.28. The fourth-order valence-electron chi connectivity index (χ4n) is 4.47. The van der Waals surface area contributed by atoms with E-state index >= 15 is 0 Å². The minimum Gasteiger partial charge on any atom is -0.378 e. The molecule has 196 valence electrons. The van der Waals surface area contributed by atoms with E-state index in [1.807, 2.05) is 12.1 Å². The van der Waals surface area contributed by atoms with Gasteiger partial charge < -0.3 is 30.6 Å². The van der Waals surface area contributed by atoms with Gasteiger partial charge in [-0.1, -0.05) is 0 Å². The molecule has 1 aromatic carbocycles. The first kappa shape index (κ1) is 25.0. The van der Waals surface area contributed by atoms with E-state index in [0.29, 0.717) is 25.4 Å². The number of nitrogens with zero attached hydrogens (tertiary/aromatic N) is 3. The van der Waals surface area contributed by atoms with Crippen molar-refractivity contribution in [1.82, 2.24) is 20.3 Å². The summed E-state index contributed by atoms with van der Waals surface area (Å²) >= 11 is 0. The molecule has 2 aliphatic heterocycles. The second-order valence-corrected chi connectivity index (χ2v) is 9.04. The average molecular weight is 516 g/mol. The summed E-state index contributed by atoms with van der Waals surface area (Å²) in [6.07, 6.45) is -0.697. The van der Waals surface area contributed by atoms with Crippen LogP contribution in [0, 0.1) is 0 Å². The summed E-state index contributed by atoms with van der Waals surface area (Å²) in [4.78, 5) is 25.9. The zero-order chi connectivity index (χ0) is 25.8. The van der Waals surface area contributed by atoms with Crippen molar-refractivity contribution in [2.75, 3.05) is 54.9 Å². The van der Waals surface area contributed by atoms with Crippen molar-refractivity contribution in [3.05, 3.63) is 54.0 Å². The zero-order valence-electron chi connectivity index (χ0n) is 20.1. The molecule has 2 aromatic heterocycles. The molecule has 2 fully saturated rings. The second kappa shape index (κ2) is 10.8. The molecular weight excluding hydrogens is 487 g/mol. The van der Waals surface area contributed by atoms with Crippen LogP contribution in [0.15, 0.2) is 42.7 Å². The molecule has 0 radical (unpaired) electrons. The van der Waals surface area contributed by atoms with E-state index in [-0.39, 0.29) is 28.9 Å². The lowest BCUT2D eigenvalue weighted by molar-refractivity contribution is -0.137. The normalized spacial score (nSPS) is 18.5. The number of aromatic amines is 1. The van der Waals surface area contributed by atoms with Crippen LogP contribution in [0.2, 0.25) is 0 Å². The van der Waals surface area contributed by atoms with Crippen molar-refractivity contribution in [2.45, 2.75) is 25.1 Å². The number of H-pyrrole nitrogens is 1. The Morgan fingerprint density at radius 2 is 1.95 bits per heavy atom. The van der Waals surface area contributed by atoms with Gasteiger partial charge in [0.15, 0.2) is 0 Å². The number of aromatic nitrogens is 3. The third kappa shape index (κ3) is 6.03. The fourth-order valence-corrected chi connectivity index (χ4v) is 4.47. The zero-order valence-corrected chi connectivity index (χ0v) is 20.1. The molecule has 1 atom stereocenters. The van der Waals surface area contributed by atoms with Crippen molar-refractivity contribution in [2.24, 2.45) is 0 Å². The number of carbonyl (C=O) groups is 1. The number of nitrogens with one attached hydrogen (secondary N) is 4. The summed E-state index contributed by atoms with van der Waals surface area (Å²) in [6.45, 7) is 4.53. The van der Waals surface area contributed by atoms with Gasteiger partial charge in [-0.05, 0) is 49.7 Å². The largest absolute Gasteiger partial charge is 0.419 e. The van der Waals surface area contributed by atoms with Gasteiger partial charge in [-0.2, -0.15) is 13.2 Å². The molecule has 37 heavy (non-hydrogen) atoms. The molecule has 0 saturated carbocycles. The van der Waals surface area contributed by atoms with Crippen LogP contribution in [0.1, 0.15) is 28.9 Å². The van der Waals surface area contributed by atoms with Crippen LogP contribution in [0.5, 0.6) is 0 Å². The van der Waals surface area contributed by atoms with E-state index in [1.165, 1.54) is 12.3 Å². The Balaban J connectivity index is 1.32. The molecule has 12 heteroatoms. The average Bonchev–Trinajstić information content (AvgIpc) is 3.40. The monoisotopic (exact) mass is 515 g/mol. The SMILES string of the molecule is O=C(Nc1ccc(N2CCOCC2)cc1)c1cc(-c2nc(N[C@H]3CCCNC3)ncc2C(F)(F)F)c[nH]1. The summed E-state index contributed by atoms with van der Waals surface area (Å²) in [6, 6.07) is 8.79. The lowest BCUT2D eigenvalue weighted by atomic mass is 10.1. The lowest BCUT2D eigenvalue weighted by Crippen LogP contribution is -2.38. The van der Waals surface area contributed by atoms with Gasteiger partial charge in [0.25, 0.3) is 5.91 Å². The Labute approximate surface area is 211 Å². The lowest BCUT2D eigenvalue weighted by Gasteiger charge is -2.28. The first-order valence-corrected chi connectivity index (χ1v) is 12.2. The highest BCUT2D eigenvalue weighted by Gasteiger charge is 2.36. The van der Waals surface area contributed by atoms with Crippen molar-refractivity contribution >= 4 is 23.2 Å². The van der Waals surface area contributed by atoms with Gasteiger partial charge in [0, 0.05) is 55.0 Å². The molecule has 0 aliphatic carbocycles. The van der Waals surface area contributed by atoms with Crippen LogP contribution in [-0.2, 0) is 10.9 Å². The molecule has 0 spiro atoms. The van der Waals surface area contributed by atoms with Gasteiger partial charge >= 0.3 is 6.18 Å². The summed E-state index contributed by atoms with van der Waals surface area (Å²) in [5.74, 6) is -0.358. The maximum absolute atomic E-state index is 13.7. The maximum Gasteiger partial charge on any atom is 0.419 e. The highest BCUT2D eigenvalue weighted by Crippen LogP contribution is 2.36. The number of hydrogen-bond donors (Lipinski definition) is 4. The van der Waals surface area contributed by atoms with Crippen LogP contribution in [0.3, 0.4) is 0 Å². The Hall–Kier alpha value is -3.64. The van der Waals surface area contributed by atoms with Crippen molar-refractivity contribution in [1.29, 1.82) is 0 Å². The topological polar surface area (TPSA) is 107 Å². The first-order valence-electron chi connectivity index (χ1n) is 12.2. The molecule has 2 aliphatic rings.